The van der Waals surface area contributed by atoms with Gasteiger partial charge in [-0.2, -0.15) is 0 Å². The number of carbonyl (C=O) groups is 5. The molecule has 3 fully saturated rings. The van der Waals surface area contributed by atoms with Crippen LogP contribution in [0.2, 0.25) is 0 Å². The van der Waals surface area contributed by atoms with Crippen LogP contribution in [0.25, 0.3) is 11.1 Å². The lowest BCUT2D eigenvalue weighted by molar-refractivity contribution is -0.136. The highest BCUT2D eigenvalue weighted by atomic mass is 16.5. The molecule has 0 bridgehead atoms. The van der Waals surface area contributed by atoms with Gasteiger partial charge in [0.2, 0.25) is 11.8 Å². The summed E-state index contributed by atoms with van der Waals surface area (Å²) < 4.78 is 13.4. The van der Waals surface area contributed by atoms with Crippen molar-refractivity contribution in [2.45, 2.75) is 51.2 Å². The summed E-state index contributed by atoms with van der Waals surface area (Å²) in [6, 6.07) is 7.73. The van der Waals surface area contributed by atoms with Gasteiger partial charge in [-0.3, -0.25) is 39.1 Å². The second-order valence-corrected chi connectivity index (χ2v) is 15.2. The summed E-state index contributed by atoms with van der Waals surface area (Å²) in [5.41, 5.74) is 5.46. The van der Waals surface area contributed by atoms with Crippen LogP contribution in [0, 0.1) is 23.2 Å². The maximum Gasteiger partial charge on any atom is 0.317 e. The Morgan fingerprint density at radius 3 is 2.33 bits per heavy atom. The van der Waals surface area contributed by atoms with E-state index in [0.717, 1.165) is 53.1 Å². The summed E-state index contributed by atoms with van der Waals surface area (Å²) in [6.07, 6.45) is 4.51. The number of nitrogens with one attached hydrogen (secondary N) is 2. The van der Waals surface area contributed by atoms with Crippen LogP contribution in [0.3, 0.4) is 0 Å². The Morgan fingerprint density at radius 1 is 0.945 bits per heavy atom. The van der Waals surface area contributed by atoms with Gasteiger partial charge in [-0.15, -0.1) is 0 Å². The van der Waals surface area contributed by atoms with E-state index in [9.17, 15) is 28.8 Å². The summed E-state index contributed by atoms with van der Waals surface area (Å²) in [6.45, 7) is 3.23. The number of amides is 6. The lowest BCUT2D eigenvalue weighted by atomic mass is 9.58. The Hall–Kier alpha value is -5.94. The van der Waals surface area contributed by atoms with Gasteiger partial charge in [0.05, 0.1) is 37.5 Å². The predicted octanol–water partition coefficient (Wildman–Crippen LogP) is 2.43. The number of fused-ring (bicyclic) bond motifs is 2. The first kappa shape index (κ1) is 36.1. The molecule has 1 atom stereocenters. The SMILES string of the molecule is CNC(=O)N1CCc2c(-c3cc(OC)c(CN4CC5(CC(C#Cc6ccc7c(c6)C(=O)N(C6CCC(=O)NC6=O)C7=O)C5)C4)c(OC)c3)cn(C)c(=O)c2C1. The number of benzene rings is 2. The van der Waals surface area contributed by atoms with E-state index in [1.807, 2.05) is 18.3 Å². The van der Waals surface area contributed by atoms with Gasteiger partial charge >= 0.3 is 6.03 Å². The smallest absolute Gasteiger partial charge is 0.317 e. The lowest BCUT2D eigenvalue weighted by Crippen LogP contribution is -2.61. The van der Waals surface area contributed by atoms with Gasteiger partial charge in [-0.05, 0) is 72.6 Å². The van der Waals surface area contributed by atoms with E-state index in [0.29, 0.717) is 42.1 Å². The van der Waals surface area contributed by atoms with Crippen LogP contribution in [-0.2, 0) is 36.1 Å². The molecule has 14 heteroatoms. The van der Waals surface area contributed by atoms with Crippen molar-refractivity contribution in [1.82, 2.24) is 29.9 Å². The van der Waals surface area contributed by atoms with Gasteiger partial charge in [0.25, 0.3) is 17.4 Å². The van der Waals surface area contributed by atoms with Crippen LogP contribution in [0.1, 0.15) is 68.7 Å². The first-order valence-electron chi connectivity index (χ1n) is 18.5. The van der Waals surface area contributed by atoms with Crippen molar-refractivity contribution in [3.05, 3.63) is 80.3 Å². The Morgan fingerprint density at radius 2 is 1.65 bits per heavy atom. The van der Waals surface area contributed by atoms with Crippen LogP contribution in [0.5, 0.6) is 11.5 Å². The molecule has 8 rings (SSSR count). The highest BCUT2D eigenvalue weighted by molar-refractivity contribution is 6.23. The number of urea groups is 1. The number of ether oxygens (including phenoxy) is 2. The third kappa shape index (κ3) is 6.22. The number of hydrogen-bond donors (Lipinski definition) is 2. The number of pyridine rings is 1. The number of likely N-dealkylation sites (tertiary alicyclic amines) is 1. The molecule has 5 aliphatic rings. The van der Waals surface area contributed by atoms with Gasteiger partial charge in [0, 0.05) is 75.5 Å². The Labute approximate surface area is 317 Å². The lowest BCUT2D eigenvalue weighted by Gasteiger charge is -2.58. The average molecular weight is 747 g/mol. The van der Waals surface area contributed by atoms with Crippen molar-refractivity contribution in [3.63, 3.8) is 0 Å². The van der Waals surface area contributed by atoms with E-state index < -0.39 is 29.7 Å². The quantitative estimate of drug-likeness (QED) is 0.286. The number of hydrogen-bond acceptors (Lipinski definition) is 9. The van der Waals surface area contributed by atoms with Crippen molar-refractivity contribution in [3.8, 4) is 34.5 Å². The molecule has 1 saturated carbocycles. The van der Waals surface area contributed by atoms with E-state index >= 15 is 0 Å². The van der Waals surface area contributed by atoms with Crippen LogP contribution >= 0.6 is 0 Å². The summed E-state index contributed by atoms with van der Waals surface area (Å²) in [4.78, 5) is 80.7. The molecule has 5 heterocycles. The molecule has 14 nitrogen and oxygen atoms in total. The van der Waals surface area contributed by atoms with Gasteiger partial charge in [-0.1, -0.05) is 11.8 Å². The van der Waals surface area contributed by atoms with Crippen molar-refractivity contribution >= 4 is 29.7 Å². The number of aromatic nitrogens is 1. The van der Waals surface area contributed by atoms with Crippen molar-refractivity contribution in [2.24, 2.45) is 18.4 Å². The molecule has 3 aromatic rings. The minimum Gasteiger partial charge on any atom is -0.496 e. The first-order chi connectivity index (χ1) is 26.4. The van der Waals surface area contributed by atoms with Crippen LogP contribution in [0.15, 0.2) is 41.3 Å². The van der Waals surface area contributed by atoms with Gasteiger partial charge in [-0.25, -0.2) is 4.79 Å². The van der Waals surface area contributed by atoms with E-state index in [1.165, 1.54) is 0 Å². The minimum absolute atomic E-state index is 0.0703. The van der Waals surface area contributed by atoms with Crippen molar-refractivity contribution in [2.75, 3.05) is 40.9 Å². The topological polar surface area (TPSA) is 160 Å². The molecule has 1 unspecified atom stereocenters. The van der Waals surface area contributed by atoms with Crippen LogP contribution in [-0.4, -0.2) is 95.9 Å². The zero-order valence-electron chi connectivity index (χ0n) is 31.2. The van der Waals surface area contributed by atoms with Crippen LogP contribution in [0.4, 0.5) is 4.79 Å². The van der Waals surface area contributed by atoms with E-state index in [-0.39, 0.29) is 53.4 Å². The number of piperidine rings is 1. The molecule has 2 N–H and O–H groups in total. The predicted molar refractivity (Wildman–Crippen MR) is 199 cm³/mol. The Balaban J connectivity index is 0.918. The molecule has 2 saturated heterocycles. The highest BCUT2D eigenvalue weighted by Gasteiger charge is 2.52. The monoisotopic (exact) mass is 746 g/mol. The molecule has 55 heavy (non-hydrogen) atoms. The van der Waals surface area contributed by atoms with Gasteiger partial charge < -0.3 is 24.3 Å². The fourth-order valence-corrected chi connectivity index (χ4v) is 8.99. The summed E-state index contributed by atoms with van der Waals surface area (Å²) in [7, 11) is 6.61. The molecule has 4 aliphatic heterocycles. The molecular weight excluding hydrogens is 704 g/mol. The molecule has 0 radical (unpaired) electrons. The Kier molecular flexibility index (Phi) is 9.00. The third-order valence-corrected chi connectivity index (χ3v) is 11.7. The maximum atomic E-state index is 13.2. The van der Waals surface area contributed by atoms with E-state index in [4.69, 9.17) is 9.47 Å². The largest absolute Gasteiger partial charge is 0.496 e. The second kappa shape index (κ2) is 13.7. The number of rotatable bonds is 6. The summed E-state index contributed by atoms with van der Waals surface area (Å²) in [5.74, 6) is 6.06. The second-order valence-electron chi connectivity index (χ2n) is 15.2. The minimum atomic E-state index is -1.00. The summed E-state index contributed by atoms with van der Waals surface area (Å²) in [5, 5.41) is 4.87. The number of imide groups is 2. The molecule has 1 aromatic heterocycles. The van der Waals surface area contributed by atoms with Crippen LogP contribution < -0.4 is 25.7 Å². The maximum absolute atomic E-state index is 13.2. The fraction of sp³-hybridized carbons (Fsp3) is 0.415. The molecule has 284 valence electrons. The zero-order chi connectivity index (χ0) is 38.8. The number of carbonyl (C=O) groups excluding carboxylic acids is 5. The van der Waals surface area contributed by atoms with Crippen molar-refractivity contribution < 1.29 is 33.4 Å². The standard InChI is InChI=1S/C41H42N6O8/c1-42-40(53)46-12-11-26-29(18-44(2)37(50)30(26)20-46)25-14-33(54-3)31(34(15-25)55-4)19-45-21-41(22-45)16-24(17-41)6-5-23-7-8-27-28(13-23)39(52)47(38(27)51)32-9-10-35(48)43-36(32)49/h7-8,13-15,18,24,32H,9-12,16-17,19-22H2,1-4H3,(H,42,53)(H,43,48,49). The number of nitrogens with zero attached hydrogens (tertiary/aromatic N) is 4. The zero-order valence-corrected chi connectivity index (χ0v) is 31.2. The fourth-order valence-electron chi connectivity index (χ4n) is 8.99. The molecule has 6 amide bonds. The van der Waals surface area contributed by atoms with Crippen molar-refractivity contribution in [1.29, 1.82) is 0 Å². The third-order valence-electron chi connectivity index (χ3n) is 11.7. The van der Waals surface area contributed by atoms with E-state index in [2.05, 4.69) is 27.4 Å². The van der Waals surface area contributed by atoms with Gasteiger partial charge in [0.15, 0.2) is 0 Å². The van der Waals surface area contributed by atoms with Gasteiger partial charge in [0.1, 0.15) is 17.5 Å². The average Bonchev–Trinajstić information content (AvgIpc) is 3.40. The highest BCUT2D eigenvalue weighted by Crippen LogP contribution is 2.52. The van der Waals surface area contributed by atoms with E-state index in [1.54, 1.807) is 56.0 Å². The molecule has 1 spiro atoms. The normalized spacial score (nSPS) is 20.2. The number of aryl methyl sites for hydroxylation is 1. The molecule has 1 aliphatic carbocycles. The summed E-state index contributed by atoms with van der Waals surface area (Å²) >= 11 is 0. The molecule has 2 aromatic carbocycles. The number of methoxy groups -OCH3 is 2. The molecular formula is C41H42N6O8. The Bertz CT molecular complexity index is 2280. The first-order valence-corrected chi connectivity index (χ1v) is 18.5.